The largest absolute Gasteiger partial charge is 0.326 e. The Morgan fingerprint density at radius 2 is 2.19 bits per heavy atom. The maximum atomic E-state index is 13.0. The molecule has 26 heavy (non-hydrogen) atoms. The lowest BCUT2D eigenvalue weighted by Gasteiger charge is -2.34. The zero-order chi connectivity index (χ0) is 18.6. The normalized spacial score (nSPS) is 25.6. The van der Waals surface area contributed by atoms with Gasteiger partial charge in [-0.3, -0.25) is 14.7 Å². The first-order chi connectivity index (χ1) is 12.5. The number of nitrogens with one attached hydrogen (secondary N) is 1. The molecule has 1 spiro atoms. The van der Waals surface area contributed by atoms with E-state index >= 15 is 0 Å². The monoisotopic (exact) mass is 355 g/mol. The lowest BCUT2D eigenvalue weighted by molar-refractivity contribution is -0.134. The second-order valence-electron chi connectivity index (χ2n) is 7.39. The number of pyridine rings is 1. The van der Waals surface area contributed by atoms with Crippen LogP contribution in [0, 0.1) is 17.2 Å². The van der Waals surface area contributed by atoms with E-state index in [2.05, 4.69) is 23.3 Å². The smallest absolute Gasteiger partial charge is 0.323 e. The van der Waals surface area contributed by atoms with E-state index in [4.69, 9.17) is 5.26 Å². The van der Waals surface area contributed by atoms with Gasteiger partial charge in [0.05, 0.1) is 12.7 Å². The van der Waals surface area contributed by atoms with E-state index < -0.39 is 5.54 Å². The Kier molecular flexibility index (Phi) is 5.52. The molecule has 3 amide bonds. The summed E-state index contributed by atoms with van der Waals surface area (Å²) in [5, 5.41) is 11.9. The highest BCUT2D eigenvalue weighted by atomic mass is 16.2. The van der Waals surface area contributed by atoms with Crippen molar-refractivity contribution in [1.82, 2.24) is 20.1 Å². The zero-order valence-electron chi connectivity index (χ0n) is 15.1. The zero-order valence-corrected chi connectivity index (χ0v) is 15.1. The number of amides is 3. The first kappa shape index (κ1) is 18.3. The third-order valence-electron chi connectivity index (χ3n) is 5.38. The molecule has 1 N–H and O–H groups in total. The molecule has 1 aliphatic carbocycles. The molecule has 2 heterocycles. The number of imide groups is 1. The van der Waals surface area contributed by atoms with Crippen molar-refractivity contribution in [3.05, 3.63) is 30.1 Å². The summed E-state index contributed by atoms with van der Waals surface area (Å²) in [5.74, 6) is 0.472. The highest BCUT2D eigenvalue weighted by molar-refractivity contribution is 6.07. The molecule has 7 nitrogen and oxygen atoms in total. The van der Waals surface area contributed by atoms with E-state index in [1.807, 2.05) is 17.0 Å². The standard InChI is InChI=1S/C19H25N5O2/c1-15-5-7-19(8-6-15)17(25)24(18(26)22-19)14-23(11-3-9-20)13-16-4-2-10-21-12-16/h2,4,10,12,15H,3,5-8,11,13-14H2,1H3,(H,22,26). The fraction of sp³-hybridized carbons (Fsp3) is 0.579. The number of hydrogen-bond acceptors (Lipinski definition) is 5. The van der Waals surface area contributed by atoms with Crippen LogP contribution in [0.1, 0.15) is 44.6 Å². The molecule has 1 saturated heterocycles. The van der Waals surface area contributed by atoms with E-state index in [1.54, 1.807) is 12.4 Å². The molecule has 1 aromatic rings. The molecule has 138 valence electrons. The van der Waals surface area contributed by atoms with Gasteiger partial charge in [-0.25, -0.2) is 9.69 Å². The van der Waals surface area contributed by atoms with Gasteiger partial charge in [0.25, 0.3) is 5.91 Å². The number of nitrogens with zero attached hydrogens (tertiary/aromatic N) is 4. The van der Waals surface area contributed by atoms with Crippen molar-refractivity contribution >= 4 is 11.9 Å². The van der Waals surface area contributed by atoms with Gasteiger partial charge < -0.3 is 5.32 Å². The molecule has 2 fully saturated rings. The van der Waals surface area contributed by atoms with Gasteiger partial charge in [-0.1, -0.05) is 13.0 Å². The first-order valence-corrected chi connectivity index (χ1v) is 9.16. The Labute approximate surface area is 154 Å². The van der Waals surface area contributed by atoms with Crippen LogP contribution in [0.15, 0.2) is 24.5 Å². The molecule has 1 aliphatic heterocycles. The van der Waals surface area contributed by atoms with Crippen LogP contribution in [0.2, 0.25) is 0 Å². The summed E-state index contributed by atoms with van der Waals surface area (Å²) >= 11 is 0. The van der Waals surface area contributed by atoms with Gasteiger partial charge in [0.15, 0.2) is 0 Å². The van der Waals surface area contributed by atoms with Crippen LogP contribution < -0.4 is 5.32 Å². The minimum atomic E-state index is -0.723. The number of urea groups is 1. The topological polar surface area (TPSA) is 89.3 Å². The van der Waals surface area contributed by atoms with Gasteiger partial charge >= 0.3 is 6.03 Å². The molecule has 3 rings (SSSR count). The highest BCUT2D eigenvalue weighted by Gasteiger charge is 2.52. The van der Waals surface area contributed by atoms with Crippen LogP contribution in [-0.2, 0) is 11.3 Å². The molecule has 0 radical (unpaired) electrons. The molecule has 7 heteroatoms. The summed E-state index contributed by atoms with van der Waals surface area (Å²) in [6.07, 6.45) is 7.11. The number of carbonyl (C=O) groups is 2. The second kappa shape index (κ2) is 7.83. The summed E-state index contributed by atoms with van der Waals surface area (Å²) in [5.41, 5.74) is 0.261. The van der Waals surface area contributed by atoms with Gasteiger partial charge in [0, 0.05) is 31.9 Å². The lowest BCUT2D eigenvalue weighted by Crippen LogP contribution is -2.50. The minimum Gasteiger partial charge on any atom is -0.323 e. The molecular weight excluding hydrogens is 330 g/mol. The second-order valence-corrected chi connectivity index (χ2v) is 7.39. The van der Waals surface area contributed by atoms with Crippen molar-refractivity contribution in [3.63, 3.8) is 0 Å². The van der Waals surface area contributed by atoms with E-state index in [0.29, 0.717) is 38.3 Å². The van der Waals surface area contributed by atoms with Gasteiger partial charge in [-0.15, -0.1) is 0 Å². The third-order valence-corrected chi connectivity index (χ3v) is 5.38. The molecule has 1 saturated carbocycles. The number of nitriles is 1. The molecule has 0 unspecified atom stereocenters. The first-order valence-electron chi connectivity index (χ1n) is 9.16. The van der Waals surface area contributed by atoms with Crippen molar-refractivity contribution in [2.45, 2.75) is 51.1 Å². The van der Waals surface area contributed by atoms with Crippen molar-refractivity contribution in [1.29, 1.82) is 5.26 Å². The van der Waals surface area contributed by atoms with Crippen molar-refractivity contribution in [2.24, 2.45) is 5.92 Å². The summed E-state index contributed by atoms with van der Waals surface area (Å²) in [4.78, 5) is 32.9. The number of aromatic nitrogens is 1. The number of hydrogen-bond donors (Lipinski definition) is 1. The predicted octanol–water partition coefficient (Wildman–Crippen LogP) is 2.26. The van der Waals surface area contributed by atoms with Gasteiger partial charge in [0.2, 0.25) is 0 Å². The van der Waals surface area contributed by atoms with Crippen LogP contribution in [0.25, 0.3) is 0 Å². The SMILES string of the molecule is CC1CCC2(CC1)NC(=O)N(CN(CCC#N)Cc1cccnc1)C2=O. The number of rotatable bonds is 6. The van der Waals surface area contributed by atoms with Gasteiger partial charge in [-0.05, 0) is 43.2 Å². The van der Waals surface area contributed by atoms with Gasteiger partial charge in [0.1, 0.15) is 5.54 Å². The summed E-state index contributed by atoms with van der Waals surface area (Å²) in [7, 11) is 0. The Bertz CT molecular complexity index is 692. The van der Waals surface area contributed by atoms with Crippen LogP contribution >= 0.6 is 0 Å². The van der Waals surface area contributed by atoms with Crippen molar-refractivity contribution < 1.29 is 9.59 Å². The fourth-order valence-electron chi connectivity index (χ4n) is 3.76. The Morgan fingerprint density at radius 1 is 1.42 bits per heavy atom. The molecular formula is C19H25N5O2. The number of carbonyl (C=O) groups excluding carboxylic acids is 2. The van der Waals surface area contributed by atoms with E-state index in [1.165, 1.54) is 4.90 Å². The van der Waals surface area contributed by atoms with Crippen LogP contribution in [0.4, 0.5) is 4.79 Å². The maximum absolute atomic E-state index is 13.0. The molecule has 0 bridgehead atoms. The van der Waals surface area contributed by atoms with Crippen LogP contribution in [-0.4, -0.2) is 45.5 Å². The van der Waals surface area contributed by atoms with Crippen molar-refractivity contribution in [3.8, 4) is 6.07 Å². The molecule has 0 atom stereocenters. The highest BCUT2D eigenvalue weighted by Crippen LogP contribution is 2.36. The Morgan fingerprint density at radius 3 is 2.85 bits per heavy atom. The Balaban J connectivity index is 1.70. The third kappa shape index (κ3) is 3.86. The Hall–Kier alpha value is -2.46. The molecule has 2 aliphatic rings. The molecule has 1 aromatic heterocycles. The summed E-state index contributed by atoms with van der Waals surface area (Å²) < 4.78 is 0. The quantitative estimate of drug-likeness (QED) is 0.791. The lowest BCUT2D eigenvalue weighted by atomic mass is 9.77. The van der Waals surface area contributed by atoms with Crippen molar-refractivity contribution in [2.75, 3.05) is 13.2 Å². The average molecular weight is 355 g/mol. The fourth-order valence-corrected chi connectivity index (χ4v) is 3.76. The summed E-state index contributed by atoms with van der Waals surface area (Å²) in [6, 6.07) is 5.61. The molecule has 0 aromatic carbocycles. The van der Waals surface area contributed by atoms with Crippen LogP contribution in [0.5, 0.6) is 0 Å². The van der Waals surface area contributed by atoms with E-state index in [9.17, 15) is 9.59 Å². The average Bonchev–Trinajstić information content (AvgIpc) is 2.87. The van der Waals surface area contributed by atoms with Gasteiger partial charge in [-0.2, -0.15) is 5.26 Å². The summed E-state index contributed by atoms with van der Waals surface area (Å²) in [6.45, 7) is 3.41. The van der Waals surface area contributed by atoms with Crippen LogP contribution in [0.3, 0.4) is 0 Å². The minimum absolute atomic E-state index is 0.123. The van der Waals surface area contributed by atoms with E-state index in [-0.39, 0.29) is 18.6 Å². The van der Waals surface area contributed by atoms with E-state index in [0.717, 1.165) is 18.4 Å². The predicted molar refractivity (Wildman–Crippen MR) is 95.5 cm³/mol. The maximum Gasteiger partial charge on any atom is 0.326 e.